The first-order chi connectivity index (χ1) is 20.0. The third-order valence-electron chi connectivity index (χ3n) is 8.02. The zero-order valence-corrected chi connectivity index (χ0v) is 24.6. The number of ether oxygens (including phenoxy) is 3. The number of nitrogens with zero attached hydrogens (tertiary/aromatic N) is 4. The second-order valence-electron chi connectivity index (χ2n) is 10.3. The molecule has 0 bridgehead atoms. The van der Waals surface area contributed by atoms with Crippen molar-refractivity contribution in [1.82, 2.24) is 14.9 Å². The van der Waals surface area contributed by atoms with Crippen molar-refractivity contribution in [2.45, 2.75) is 25.9 Å². The highest BCUT2D eigenvalue weighted by Gasteiger charge is 2.43. The zero-order chi connectivity index (χ0) is 28.5. The maximum atomic E-state index is 5.99. The largest absolute Gasteiger partial charge is 0.497 e. The fourth-order valence-corrected chi connectivity index (χ4v) is 6.37. The molecule has 2 aromatic heterocycles. The molecular formula is C32H35N5O3S. The summed E-state index contributed by atoms with van der Waals surface area (Å²) in [5.41, 5.74) is 7.55. The van der Waals surface area contributed by atoms with Crippen molar-refractivity contribution in [3.05, 3.63) is 95.6 Å². The number of hydrogen-bond donors (Lipinski definition) is 1. The van der Waals surface area contributed by atoms with Gasteiger partial charge in [0, 0.05) is 48.1 Å². The molecule has 2 aromatic carbocycles. The van der Waals surface area contributed by atoms with Gasteiger partial charge in [0.15, 0.2) is 5.11 Å². The first-order valence-corrected chi connectivity index (χ1v) is 14.3. The number of rotatable bonds is 7. The van der Waals surface area contributed by atoms with Crippen LogP contribution in [0.5, 0.6) is 11.5 Å². The molecule has 0 aliphatic carbocycles. The highest BCUT2D eigenvalue weighted by molar-refractivity contribution is 7.80. The van der Waals surface area contributed by atoms with E-state index in [4.69, 9.17) is 31.4 Å². The van der Waals surface area contributed by atoms with Crippen LogP contribution in [0, 0.1) is 13.8 Å². The summed E-state index contributed by atoms with van der Waals surface area (Å²) in [5, 5.41) is 4.18. The third kappa shape index (κ3) is 5.00. The highest BCUT2D eigenvalue weighted by Crippen LogP contribution is 2.47. The summed E-state index contributed by atoms with van der Waals surface area (Å²) in [6.45, 7) is 7.69. The Kier molecular flexibility index (Phi) is 7.55. The van der Waals surface area contributed by atoms with Gasteiger partial charge in [-0.25, -0.2) is 0 Å². The van der Waals surface area contributed by atoms with E-state index in [0.29, 0.717) is 10.9 Å². The standard InChI is InChI=1S/C32H35N5O3S/c1-21-19-26(22(2)36(21)24-10-8-23(9-11-24)35-15-17-40-18-16-35)31-30(27-7-5-6-14-33-27)34-32(41)37(31)28-20-25(38-3)12-13-29(28)39-4/h5-14,19-20,30-31H,15-18H2,1-4H3,(H,34,41)/t30-,31-/m1/s1. The monoisotopic (exact) mass is 569 g/mol. The van der Waals surface area contributed by atoms with E-state index in [9.17, 15) is 0 Å². The maximum absolute atomic E-state index is 5.99. The molecular weight excluding hydrogens is 534 g/mol. The van der Waals surface area contributed by atoms with E-state index in [1.165, 1.54) is 5.69 Å². The molecule has 2 atom stereocenters. The minimum absolute atomic E-state index is 0.169. The van der Waals surface area contributed by atoms with E-state index in [1.807, 2.05) is 42.6 Å². The van der Waals surface area contributed by atoms with Crippen molar-refractivity contribution in [3.63, 3.8) is 0 Å². The number of anilines is 2. The SMILES string of the molecule is COc1ccc(OC)c(N2C(=S)N[C@H](c3ccccn3)[C@H]2c2cc(C)n(-c3ccc(N4CCOCC4)cc3)c2C)c1. The summed E-state index contributed by atoms with van der Waals surface area (Å²) in [4.78, 5) is 9.24. The summed E-state index contributed by atoms with van der Waals surface area (Å²) in [5.74, 6) is 1.45. The fraction of sp³-hybridized carbons (Fsp3) is 0.312. The van der Waals surface area contributed by atoms with Gasteiger partial charge in [0.2, 0.25) is 0 Å². The number of hydrogen-bond acceptors (Lipinski definition) is 6. The molecule has 0 amide bonds. The van der Waals surface area contributed by atoms with Crippen molar-refractivity contribution in [2.24, 2.45) is 0 Å². The molecule has 9 heteroatoms. The normalized spacial score (nSPS) is 18.9. The molecule has 0 saturated carbocycles. The smallest absolute Gasteiger partial charge is 0.174 e. The second kappa shape index (κ2) is 11.4. The average Bonchev–Trinajstić information content (AvgIpc) is 3.52. The molecule has 212 valence electrons. The van der Waals surface area contributed by atoms with Crippen LogP contribution < -0.4 is 24.6 Å². The van der Waals surface area contributed by atoms with Crippen molar-refractivity contribution in [3.8, 4) is 17.2 Å². The van der Waals surface area contributed by atoms with Gasteiger partial charge in [-0.1, -0.05) is 6.07 Å². The molecule has 0 radical (unpaired) electrons. The summed E-state index contributed by atoms with van der Waals surface area (Å²) in [6.07, 6.45) is 1.82. The lowest BCUT2D eigenvalue weighted by atomic mass is 9.96. The van der Waals surface area contributed by atoms with Gasteiger partial charge < -0.3 is 33.9 Å². The molecule has 4 aromatic rings. The Hall–Kier alpha value is -4.08. The number of thiocarbonyl (C=S) groups is 1. The zero-order valence-electron chi connectivity index (χ0n) is 23.8. The van der Waals surface area contributed by atoms with Crippen molar-refractivity contribution in [1.29, 1.82) is 0 Å². The van der Waals surface area contributed by atoms with E-state index in [0.717, 1.165) is 66.1 Å². The Bertz CT molecular complexity index is 1530. The van der Waals surface area contributed by atoms with Crippen molar-refractivity contribution >= 4 is 28.7 Å². The van der Waals surface area contributed by atoms with Gasteiger partial charge in [0.05, 0.1) is 50.9 Å². The molecule has 2 fully saturated rings. The quantitative estimate of drug-likeness (QED) is 0.292. The van der Waals surface area contributed by atoms with E-state index < -0.39 is 0 Å². The first kappa shape index (κ1) is 27.1. The Balaban J connectivity index is 1.45. The molecule has 41 heavy (non-hydrogen) atoms. The lowest BCUT2D eigenvalue weighted by molar-refractivity contribution is 0.122. The van der Waals surface area contributed by atoms with Crippen LogP contribution in [0.15, 0.2) is 72.9 Å². The van der Waals surface area contributed by atoms with Gasteiger partial charge in [0.25, 0.3) is 0 Å². The third-order valence-corrected chi connectivity index (χ3v) is 8.33. The minimum Gasteiger partial charge on any atom is -0.497 e. The van der Waals surface area contributed by atoms with Gasteiger partial charge in [-0.2, -0.15) is 0 Å². The van der Waals surface area contributed by atoms with Gasteiger partial charge in [-0.15, -0.1) is 0 Å². The molecule has 2 aliphatic rings. The molecule has 0 unspecified atom stereocenters. The highest BCUT2D eigenvalue weighted by atomic mass is 32.1. The molecule has 0 spiro atoms. The lowest BCUT2D eigenvalue weighted by Gasteiger charge is -2.29. The number of aromatic nitrogens is 2. The van der Waals surface area contributed by atoms with Crippen LogP contribution in [-0.2, 0) is 4.74 Å². The van der Waals surface area contributed by atoms with Crippen LogP contribution in [0.2, 0.25) is 0 Å². The summed E-state index contributed by atoms with van der Waals surface area (Å²) in [6, 6.07) is 22.5. The lowest BCUT2D eigenvalue weighted by Crippen LogP contribution is -2.36. The molecule has 2 saturated heterocycles. The predicted molar refractivity (Wildman–Crippen MR) is 166 cm³/mol. The van der Waals surface area contributed by atoms with E-state index in [1.54, 1.807) is 14.2 Å². The van der Waals surface area contributed by atoms with Crippen molar-refractivity contribution in [2.75, 3.05) is 50.3 Å². The Morgan fingerprint density at radius 3 is 2.37 bits per heavy atom. The molecule has 2 aliphatic heterocycles. The Morgan fingerprint density at radius 2 is 1.68 bits per heavy atom. The second-order valence-corrected chi connectivity index (χ2v) is 10.7. The molecule has 6 rings (SSSR count). The maximum Gasteiger partial charge on any atom is 0.174 e. The van der Waals surface area contributed by atoms with Crippen molar-refractivity contribution < 1.29 is 14.2 Å². The first-order valence-electron chi connectivity index (χ1n) is 13.8. The summed E-state index contributed by atoms with van der Waals surface area (Å²) >= 11 is 5.99. The van der Waals surface area contributed by atoms with Gasteiger partial charge >= 0.3 is 0 Å². The number of morpholine rings is 1. The molecule has 4 heterocycles. The summed E-state index contributed by atoms with van der Waals surface area (Å²) in [7, 11) is 3.34. The van der Waals surface area contributed by atoms with Crippen LogP contribution >= 0.6 is 12.2 Å². The predicted octanol–water partition coefficient (Wildman–Crippen LogP) is 5.52. The Morgan fingerprint density at radius 1 is 0.927 bits per heavy atom. The molecule has 8 nitrogen and oxygen atoms in total. The number of pyridine rings is 1. The van der Waals surface area contributed by atoms with E-state index in [-0.39, 0.29) is 12.1 Å². The average molecular weight is 570 g/mol. The van der Waals surface area contributed by atoms with Crippen LogP contribution in [0.25, 0.3) is 5.69 Å². The minimum atomic E-state index is -0.175. The van der Waals surface area contributed by atoms with Crippen LogP contribution in [0.4, 0.5) is 11.4 Å². The fourth-order valence-electron chi connectivity index (χ4n) is 6.03. The van der Waals surface area contributed by atoms with Crippen LogP contribution in [0.1, 0.15) is 34.7 Å². The number of aryl methyl sites for hydroxylation is 1. The Labute approximate surface area is 246 Å². The van der Waals surface area contributed by atoms with E-state index >= 15 is 0 Å². The number of benzene rings is 2. The number of methoxy groups -OCH3 is 2. The van der Waals surface area contributed by atoms with Gasteiger partial charge in [0.1, 0.15) is 11.5 Å². The number of nitrogens with one attached hydrogen (secondary N) is 1. The van der Waals surface area contributed by atoms with Gasteiger partial charge in [-0.05, 0) is 86.2 Å². The summed E-state index contributed by atoms with van der Waals surface area (Å²) < 4.78 is 19.2. The molecule has 1 N–H and O–H groups in total. The van der Waals surface area contributed by atoms with Crippen LogP contribution in [-0.4, -0.2) is 55.2 Å². The topological polar surface area (TPSA) is 64.0 Å². The van der Waals surface area contributed by atoms with Gasteiger partial charge in [-0.3, -0.25) is 4.98 Å². The van der Waals surface area contributed by atoms with Crippen LogP contribution in [0.3, 0.4) is 0 Å². The van der Waals surface area contributed by atoms with E-state index in [2.05, 4.69) is 63.9 Å².